The molecule has 0 amide bonds. The first-order valence-corrected chi connectivity index (χ1v) is 5.53. The molecule has 1 nitrogen and oxygen atoms in total. The Kier molecular flexibility index (Phi) is 3.06. The molecule has 0 bridgehead atoms. The quantitative estimate of drug-likeness (QED) is 0.716. The van der Waals surface area contributed by atoms with Crippen molar-refractivity contribution < 1.29 is 9.18 Å². The van der Waals surface area contributed by atoms with Crippen molar-refractivity contribution in [3.8, 4) is 0 Å². The van der Waals surface area contributed by atoms with Gasteiger partial charge in [-0.2, -0.15) is 0 Å². The lowest BCUT2D eigenvalue weighted by Crippen LogP contribution is -2.17. The average molecular weight is 227 g/mol. The lowest BCUT2D eigenvalue weighted by Gasteiger charge is -2.24. The summed E-state index contributed by atoms with van der Waals surface area (Å²) in [5.41, 5.74) is 0.0612. The van der Waals surface area contributed by atoms with Crippen molar-refractivity contribution in [3.63, 3.8) is 0 Å². The Bertz CT molecular complexity index is 365. The van der Waals surface area contributed by atoms with E-state index in [1.807, 2.05) is 0 Å². The van der Waals surface area contributed by atoms with Gasteiger partial charge in [0.15, 0.2) is 5.78 Å². The first kappa shape index (κ1) is 10.6. The molecule has 0 N–H and O–H groups in total. The van der Waals surface area contributed by atoms with Gasteiger partial charge in [0.05, 0.1) is 10.6 Å². The Hall–Kier alpha value is -0.890. The molecular formula is C12H12ClFO. The molecule has 0 radical (unpaired) electrons. The van der Waals surface area contributed by atoms with E-state index in [4.69, 9.17) is 11.6 Å². The molecule has 0 aromatic heterocycles. The third-order valence-corrected chi connectivity index (χ3v) is 3.26. The zero-order valence-corrected chi connectivity index (χ0v) is 9.06. The van der Waals surface area contributed by atoms with Gasteiger partial charge in [-0.1, -0.05) is 36.9 Å². The molecule has 15 heavy (non-hydrogen) atoms. The maximum absolute atomic E-state index is 13.4. The monoisotopic (exact) mass is 226 g/mol. The molecule has 1 fully saturated rings. The predicted octanol–water partition coefficient (Wildman–Crippen LogP) is 3.85. The highest BCUT2D eigenvalue weighted by atomic mass is 35.5. The SMILES string of the molecule is O=C(CC1CCC1)c1c(F)cccc1Cl. The van der Waals surface area contributed by atoms with E-state index in [2.05, 4.69) is 0 Å². The maximum Gasteiger partial charge on any atom is 0.167 e. The summed E-state index contributed by atoms with van der Waals surface area (Å²) in [4.78, 5) is 11.8. The van der Waals surface area contributed by atoms with Crippen LogP contribution in [-0.2, 0) is 0 Å². The van der Waals surface area contributed by atoms with Crippen molar-refractivity contribution >= 4 is 17.4 Å². The highest BCUT2D eigenvalue weighted by Gasteiger charge is 2.24. The molecule has 1 aliphatic carbocycles. The van der Waals surface area contributed by atoms with E-state index in [-0.39, 0.29) is 16.4 Å². The van der Waals surface area contributed by atoms with Crippen LogP contribution in [-0.4, -0.2) is 5.78 Å². The highest BCUT2D eigenvalue weighted by molar-refractivity contribution is 6.34. The van der Waals surface area contributed by atoms with Gasteiger partial charge in [-0.3, -0.25) is 4.79 Å². The van der Waals surface area contributed by atoms with E-state index in [1.165, 1.54) is 18.6 Å². The van der Waals surface area contributed by atoms with Gasteiger partial charge < -0.3 is 0 Å². The van der Waals surface area contributed by atoms with Gasteiger partial charge in [0.25, 0.3) is 0 Å². The number of halogens is 2. The number of ketones is 1. The van der Waals surface area contributed by atoms with E-state index in [0.717, 1.165) is 12.8 Å². The maximum atomic E-state index is 13.4. The number of benzene rings is 1. The number of hydrogen-bond acceptors (Lipinski definition) is 1. The van der Waals surface area contributed by atoms with E-state index in [1.54, 1.807) is 6.07 Å². The van der Waals surface area contributed by atoms with Crippen molar-refractivity contribution in [1.82, 2.24) is 0 Å². The smallest absolute Gasteiger partial charge is 0.167 e. The lowest BCUT2D eigenvalue weighted by atomic mass is 9.81. The standard InChI is InChI=1S/C12H12ClFO/c13-9-5-2-6-10(14)12(9)11(15)7-8-3-1-4-8/h2,5-6,8H,1,3-4,7H2. The Labute approximate surface area is 93.2 Å². The third-order valence-electron chi connectivity index (χ3n) is 2.94. The predicted molar refractivity (Wildman–Crippen MR) is 57.7 cm³/mol. The Morgan fingerprint density at radius 3 is 2.73 bits per heavy atom. The topological polar surface area (TPSA) is 17.1 Å². The van der Waals surface area contributed by atoms with E-state index in [9.17, 15) is 9.18 Å². The summed E-state index contributed by atoms with van der Waals surface area (Å²) in [5, 5.41) is 0.222. The summed E-state index contributed by atoms with van der Waals surface area (Å²) in [7, 11) is 0. The second-order valence-electron chi connectivity index (χ2n) is 4.02. The van der Waals surface area contributed by atoms with E-state index < -0.39 is 5.82 Å². The molecule has 0 unspecified atom stereocenters. The van der Waals surface area contributed by atoms with Crippen molar-refractivity contribution in [2.45, 2.75) is 25.7 Å². The molecule has 1 saturated carbocycles. The molecule has 0 saturated heterocycles. The van der Waals surface area contributed by atoms with Crippen LogP contribution in [0, 0.1) is 11.7 Å². The third kappa shape index (κ3) is 2.20. The van der Waals surface area contributed by atoms with Gasteiger partial charge >= 0.3 is 0 Å². The van der Waals surface area contributed by atoms with Crippen LogP contribution in [0.15, 0.2) is 18.2 Å². The minimum absolute atomic E-state index is 0.0612. The molecule has 80 valence electrons. The van der Waals surface area contributed by atoms with Crippen LogP contribution in [0.1, 0.15) is 36.0 Å². The number of carbonyl (C=O) groups excluding carboxylic acids is 1. The molecule has 0 spiro atoms. The second kappa shape index (κ2) is 4.31. The summed E-state index contributed by atoms with van der Waals surface area (Å²) in [6.45, 7) is 0. The molecule has 3 heteroatoms. The number of rotatable bonds is 3. The van der Waals surface area contributed by atoms with Gasteiger partial charge in [0.1, 0.15) is 5.82 Å². The molecule has 1 aliphatic rings. The van der Waals surface area contributed by atoms with E-state index >= 15 is 0 Å². The molecule has 2 rings (SSSR count). The molecule has 0 atom stereocenters. The molecule has 1 aromatic carbocycles. The zero-order chi connectivity index (χ0) is 10.8. The second-order valence-corrected chi connectivity index (χ2v) is 4.43. The van der Waals surface area contributed by atoms with Crippen LogP contribution < -0.4 is 0 Å². The summed E-state index contributed by atoms with van der Waals surface area (Å²) < 4.78 is 13.4. The van der Waals surface area contributed by atoms with Gasteiger partial charge in [0.2, 0.25) is 0 Å². The van der Waals surface area contributed by atoms with Gasteiger partial charge in [-0.05, 0) is 18.1 Å². The fourth-order valence-electron chi connectivity index (χ4n) is 1.83. The molecular weight excluding hydrogens is 215 g/mol. The van der Waals surface area contributed by atoms with Gasteiger partial charge in [0, 0.05) is 6.42 Å². The first-order valence-electron chi connectivity index (χ1n) is 5.15. The normalized spacial score (nSPS) is 16.1. The average Bonchev–Trinajstić information content (AvgIpc) is 2.11. The van der Waals surface area contributed by atoms with Gasteiger partial charge in [-0.15, -0.1) is 0 Å². The minimum atomic E-state index is -0.508. The van der Waals surface area contributed by atoms with Crippen molar-refractivity contribution in [2.75, 3.05) is 0 Å². The van der Waals surface area contributed by atoms with Crippen LogP contribution >= 0.6 is 11.6 Å². The van der Waals surface area contributed by atoms with Crippen LogP contribution in [0.2, 0.25) is 5.02 Å². The summed E-state index contributed by atoms with van der Waals surface area (Å²) in [6.07, 6.45) is 3.78. The van der Waals surface area contributed by atoms with Crippen LogP contribution in [0.3, 0.4) is 0 Å². The van der Waals surface area contributed by atoms with Crippen molar-refractivity contribution in [1.29, 1.82) is 0 Å². The summed E-state index contributed by atoms with van der Waals surface area (Å²) in [6, 6.07) is 4.34. The van der Waals surface area contributed by atoms with Crippen molar-refractivity contribution in [3.05, 3.63) is 34.6 Å². The molecule has 0 heterocycles. The van der Waals surface area contributed by atoms with Gasteiger partial charge in [-0.25, -0.2) is 4.39 Å². The Morgan fingerprint density at radius 1 is 1.47 bits per heavy atom. The lowest BCUT2D eigenvalue weighted by molar-refractivity contribution is 0.0932. The number of Topliss-reactive ketones (excluding diaryl/α,β-unsaturated/α-hetero) is 1. The van der Waals surface area contributed by atoms with Crippen LogP contribution in [0.25, 0.3) is 0 Å². The number of carbonyl (C=O) groups is 1. The van der Waals surface area contributed by atoms with Crippen molar-refractivity contribution in [2.24, 2.45) is 5.92 Å². The first-order chi connectivity index (χ1) is 7.18. The van der Waals surface area contributed by atoms with Crippen LogP contribution in [0.4, 0.5) is 4.39 Å². The molecule has 0 aliphatic heterocycles. The summed E-state index contributed by atoms with van der Waals surface area (Å²) in [5.74, 6) is -0.234. The van der Waals surface area contributed by atoms with Crippen LogP contribution in [0.5, 0.6) is 0 Å². The largest absolute Gasteiger partial charge is 0.294 e. The highest BCUT2D eigenvalue weighted by Crippen LogP contribution is 2.32. The zero-order valence-electron chi connectivity index (χ0n) is 8.30. The minimum Gasteiger partial charge on any atom is -0.294 e. The molecule has 1 aromatic rings. The fraction of sp³-hybridized carbons (Fsp3) is 0.417. The fourth-order valence-corrected chi connectivity index (χ4v) is 2.09. The number of hydrogen-bond donors (Lipinski definition) is 0. The Balaban J connectivity index is 2.16. The Morgan fingerprint density at radius 2 is 2.20 bits per heavy atom. The van der Waals surface area contributed by atoms with E-state index in [0.29, 0.717) is 12.3 Å². The summed E-state index contributed by atoms with van der Waals surface area (Å²) >= 11 is 5.81.